The number of aryl methyl sites for hydroxylation is 1. The predicted octanol–water partition coefficient (Wildman–Crippen LogP) is 5.59. The summed E-state index contributed by atoms with van der Waals surface area (Å²) in [4.78, 5) is 23.1. The monoisotopic (exact) mass is 417 g/mol. The van der Waals surface area contributed by atoms with E-state index in [9.17, 15) is 4.79 Å². The van der Waals surface area contributed by atoms with Crippen molar-refractivity contribution in [2.75, 3.05) is 7.05 Å². The van der Waals surface area contributed by atoms with Gasteiger partial charge in [-0.2, -0.15) is 0 Å². The Kier molecular flexibility index (Phi) is 4.08. The van der Waals surface area contributed by atoms with Gasteiger partial charge >= 0.3 is 0 Å². The van der Waals surface area contributed by atoms with Crippen LogP contribution in [-0.2, 0) is 4.79 Å². The van der Waals surface area contributed by atoms with Gasteiger partial charge in [0.15, 0.2) is 0 Å². The van der Waals surface area contributed by atoms with Gasteiger partial charge in [-0.1, -0.05) is 26.0 Å². The third-order valence-corrected chi connectivity index (χ3v) is 10.1. The number of fused-ring (bicyclic) bond motifs is 6. The number of hydrogen-bond acceptors (Lipinski definition) is 2. The summed E-state index contributed by atoms with van der Waals surface area (Å²) < 4.78 is 0. The van der Waals surface area contributed by atoms with E-state index < -0.39 is 0 Å². The lowest BCUT2D eigenvalue weighted by molar-refractivity contribution is -0.138. The number of carbonyl (C=O) groups excluding carboxylic acids is 1. The van der Waals surface area contributed by atoms with Crippen LogP contribution >= 0.6 is 0 Å². The Balaban J connectivity index is 1.33. The highest BCUT2D eigenvalue weighted by Gasteiger charge is 2.60. The zero-order chi connectivity index (χ0) is 21.5. The highest BCUT2D eigenvalue weighted by Crippen LogP contribution is 2.67. The lowest BCUT2D eigenvalue weighted by atomic mass is 9.47. The van der Waals surface area contributed by atoms with E-state index in [0.29, 0.717) is 23.3 Å². The van der Waals surface area contributed by atoms with Crippen molar-refractivity contribution >= 4 is 16.9 Å². The number of carbonyl (C=O) groups is 1. The summed E-state index contributed by atoms with van der Waals surface area (Å²) in [6.45, 7) is 7.14. The van der Waals surface area contributed by atoms with E-state index in [-0.39, 0.29) is 11.3 Å². The summed E-state index contributed by atoms with van der Waals surface area (Å²) in [7, 11) is 2.01. The molecule has 3 fully saturated rings. The molecule has 1 amide bonds. The number of benzene rings is 1. The zero-order valence-corrected chi connectivity index (χ0v) is 19.3. The molecule has 3 saturated carbocycles. The van der Waals surface area contributed by atoms with Crippen LogP contribution in [-0.4, -0.2) is 33.9 Å². The molecule has 7 atom stereocenters. The van der Waals surface area contributed by atoms with E-state index in [0.717, 1.165) is 23.8 Å². The molecule has 1 aliphatic heterocycles. The van der Waals surface area contributed by atoms with Crippen LogP contribution in [0.3, 0.4) is 0 Å². The first kappa shape index (κ1) is 19.6. The molecule has 6 rings (SSSR count). The molecule has 4 aliphatic rings. The van der Waals surface area contributed by atoms with Crippen molar-refractivity contribution in [3.8, 4) is 0 Å². The number of imidazole rings is 1. The molecule has 0 unspecified atom stereocenters. The Morgan fingerprint density at radius 3 is 2.77 bits per heavy atom. The minimum absolute atomic E-state index is 0.127. The van der Waals surface area contributed by atoms with Crippen LogP contribution in [0.1, 0.15) is 69.7 Å². The molecule has 31 heavy (non-hydrogen) atoms. The molecule has 1 aromatic carbocycles. The predicted molar refractivity (Wildman–Crippen MR) is 124 cm³/mol. The highest BCUT2D eigenvalue weighted by molar-refractivity contribution is 5.89. The Morgan fingerprint density at radius 1 is 1.10 bits per heavy atom. The molecule has 0 bridgehead atoms. The van der Waals surface area contributed by atoms with E-state index in [2.05, 4.69) is 50.0 Å². The summed E-state index contributed by atoms with van der Waals surface area (Å²) in [5, 5.41) is 0. The number of nitrogens with zero attached hydrogens (tertiary/aromatic N) is 2. The third-order valence-electron chi connectivity index (χ3n) is 10.1. The number of likely N-dealkylation sites (N-methyl/N-ethyl adjacent to an activating group) is 1. The smallest absolute Gasteiger partial charge is 0.246 e. The number of amides is 1. The molecule has 2 aromatic rings. The minimum Gasteiger partial charge on any atom is -0.342 e. The molecule has 1 aromatic heterocycles. The fraction of sp³-hybridized carbons (Fsp3) is 0.630. The summed E-state index contributed by atoms with van der Waals surface area (Å²) in [5.74, 6) is 4.15. The minimum atomic E-state index is 0.127. The van der Waals surface area contributed by atoms with Crippen LogP contribution in [0.2, 0.25) is 0 Å². The van der Waals surface area contributed by atoms with E-state index in [1.807, 2.05) is 18.0 Å². The van der Waals surface area contributed by atoms with Crippen LogP contribution in [0.5, 0.6) is 0 Å². The Morgan fingerprint density at radius 2 is 1.94 bits per heavy atom. The van der Waals surface area contributed by atoms with Gasteiger partial charge in [-0.15, -0.1) is 0 Å². The Labute approximate surface area is 185 Å². The second-order valence-electron chi connectivity index (χ2n) is 11.4. The molecule has 2 heterocycles. The Bertz CT molecular complexity index is 1090. The van der Waals surface area contributed by atoms with Crippen LogP contribution in [0.15, 0.2) is 30.4 Å². The normalized spacial score (nSPS) is 41.9. The molecule has 0 radical (unpaired) electrons. The summed E-state index contributed by atoms with van der Waals surface area (Å²) in [5.41, 5.74) is 4.03. The van der Waals surface area contributed by atoms with Gasteiger partial charge < -0.3 is 9.88 Å². The second kappa shape index (κ2) is 6.46. The number of H-pyrrole nitrogens is 1. The number of aromatic nitrogens is 2. The van der Waals surface area contributed by atoms with Gasteiger partial charge in [-0.3, -0.25) is 4.79 Å². The Hall–Kier alpha value is -2.10. The van der Waals surface area contributed by atoms with Crippen molar-refractivity contribution in [3.63, 3.8) is 0 Å². The first-order chi connectivity index (χ1) is 14.8. The summed E-state index contributed by atoms with van der Waals surface area (Å²) in [6.07, 6.45) is 11.7. The number of hydrogen-bond donors (Lipinski definition) is 1. The van der Waals surface area contributed by atoms with Gasteiger partial charge in [0, 0.05) is 24.4 Å². The number of aromatic amines is 1. The van der Waals surface area contributed by atoms with E-state index in [1.54, 1.807) is 0 Å². The van der Waals surface area contributed by atoms with Crippen molar-refractivity contribution in [1.82, 2.24) is 14.9 Å². The topological polar surface area (TPSA) is 49.0 Å². The van der Waals surface area contributed by atoms with Gasteiger partial charge in [-0.25, -0.2) is 4.98 Å². The largest absolute Gasteiger partial charge is 0.342 e. The maximum atomic E-state index is 12.3. The maximum absolute atomic E-state index is 12.3. The lowest BCUT2D eigenvalue weighted by Gasteiger charge is -2.60. The standard InChI is InChI=1S/C27H35N3O/c1-16-5-9-21-22(15-16)29-25(28-21)20-8-7-18-17-6-10-23-27(3,14-12-24(31)30(23)4)19(17)11-13-26(18,20)2/h5,9,12,14-15,17-20,23H,6-8,10-11,13H2,1-4H3,(H,28,29)/t17-,18-,19-,20+,23+,26-,27+/m0/s1. The average Bonchev–Trinajstić information content (AvgIpc) is 3.30. The van der Waals surface area contributed by atoms with E-state index >= 15 is 0 Å². The molecule has 0 saturated heterocycles. The average molecular weight is 418 g/mol. The van der Waals surface area contributed by atoms with Gasteiger partial charge in [0.05, 0.1) is 11.0 Å². The molecule has 4 heteroatoms. The molecular formula is C27H35N3O. The first-order valence-corrected chi connectivity index (χ1v) is 12.2. The van der Waals surface area contributed by atoms with Crippen molar-refractivity contribution in [2.45, 2.75) is 71.3 Å². The van der Waals surface area contributed by atoms with Crippen molar-refractivity contribution in [3.05, 3.63) is 41.7 Å². The maximum Gasteiger partial charge on any atom is 0.246 e. The fourth-order valence-corrected chi connectivity index (χ4v) is 8.50. The molecule has 164 valence electrons. The first-order valence-electron chi connectivity index (χ1n) is 12.2. The molecule has 4 nitrogen and oxygen atoms in total. The quantitative estimate of drug-likeness (QED) is 0.657. The molecule has 3 aliphatic carbocycles. The molecule has 0 spiro atoms. The van der Waals surface area contributed by atoms with E-state index in [1.165, 1.54) is 49.0 Å². The second-order valence-corrected chi connectivity index (χ2v) is 11.4. The molecule has 1 N–H and O–H groups in total. The van der Waals surface area contributed by atoms with Gasteiger partial charge in [0.2, 0.25) is 5.91 Å². The summed E-state index contributed by atoms with van der Waals surface area (Å²) in [6, 6.07) is 6.92. The van der Waals surface area contributed by atoms with Gasteiger partial charge in [-0.05, 0) is 92.4 Å². The third kappa shape index (κ3) is 2.60. The fourth-order valence-electron chi connectivity index (χ4n) is 8.50. The van der Waals surface area contributed by atoms with Crippen molar-refractivity contribution in [1.29, 1.82) is 0 Å². The van der Waals surface area contributed by atoms with E-state index in [4.69, 9.17) is 4.98 Å². The van der Waals surface area contributed by atoms with Crippen LogP contribution in [0.25, 0.3) is 11.0 Å². The SMILES string of the molecule is Cc1ccc2nc([C@H]3CC[C@H]4[C@@H]5CC[C@H]6N(C)C(=O)C=C[C@]6(C)[C@H]5CC[C@]34C)[nH]c2c1. The van der Waals surface area contributed by atoms with Crippen LogP contribution < -0.4 is 0 Å². The number of rotatable bonds is 1. The lowest BCUT2D eigenvalue weighted by Crippen LogP contribution is -2.59. The van der Waals surface area contributed by atoms with Gasteiger partial charge in [0.25, 0.3) is 0 Å². The zero-order valence-electron chi connectivity index (χ0n) is 19.3. The molecular weight excluding hydrogens is 382 g/mol. The highest BCUT2D eigenvalue weighted by atomic mass is 16.2. The number of nitrogens with one attached hydrogen (secondary N) is 1. The van der Waals surface area contributed by atoms with Crippen LogP contribution in [0.4, 0.5) is 0 Å². The van der Waals surface area contributed by atoms with Crippen molar-refractivity contribution in [2.24, 2.45) is 28.6 Å². The van der Waals surface area contributed by atoms with Crippen LogP contribution in [0, 0.1) is 35.5 Å². The van der Waals surface area contributed by atoms with Gasteiger partial charge in [0.1, 0.15) is 5.82 Å². The van der Waals surface area contributed by atoms with Crippen molar-refractivity contribution < 1.29 is 4.79 Å². The summed E-state index contributed by atoms with van der Waals surface area (Å²) >= 11 is 0.